The maximum absolute atomic E-state index is 13.5. The first-order valence-electron chi connectivity index (χ1n) is 5.97. The molecule has 0 saturated carbocycles. The van der Waals surface area contributed by atoms with Crippen molar-refractivity contribution in [2.45, 2.75) is 46.7 Å². The van der Waals surface area contributed by atoms with E-state index in [1.54, 1.807) is 0 Å². The molecule has 106 valence electrons. The Morgan fingerprint density at radius 2 is 1.78 bits per heavy atom. The lowest BCUT2D eigenvalue weighted by Crippen LogP contribution is -2.28. The molecule has 1 nitrogen and oxygen atoms in total. The second-order valence-corrected chi connectivity index (χ2v) is 5.40. The van der Waals surface area contributed by atoms with Gasteiger partial charge in [-0.05, 0) is 26.2 Å². The van der Waals surface area contributed by atoms with Crippen LogP contribution in [0, 0.1) is 5.92 Å². The molecule has 1 unspecified atom stereocenters. The summed E-state index contributed by atoms with van der Waals surface area (Å²) >= 11 is 4.15. The summed E-state index contributed by atoms with van der Waals surface area (Å²) < 4.78 is 38.4. The van der Waals surface area contributed by atoms with Crippen LogP contribution in [0.1, 0.15) is 34.1 Å². The molecule has 0 saturated heterocycles. The van der Waals surface area contributed by atoms with Crippen molar-refractivity contribution in [2.24, 2.45) is 5.92 Å². The molecule has 0 radical (unpaired) electrons. The molecule has 0 spiro atoms. The fraction of sp³-hybridized carbons (Fsp3) is 0.692. The summed E-state index contributed by atoms with van der Waals surface area (Å²) in [6.45, 7) is 7.97. The van der Waals surface area contributed by atoms with E-state index in [0.29, 0.717) is 17.9 Å². The van der Waals surface area contributed by atoms with E-state index >= 15 is 0 Å². The largest absolute Gasteiger partial charge is 0.382 e. The molecule has 0 aliphatic heterocycles. The molecular formula is C13H22F3NS. The number of nitrogens with one attached hydrogen (secondary N) is 1. The van der Waals surface area contributed by atoms with E-state index in [4.69, 9.17) is 0 Å². The van der Waals surface area contributed by atoms with Gasteiger partial charge in [-0.2, -0.15) is 0 Å². The molecule has 0 aromatic heterocycles. The normalized spacial score (nSPS) is 14.6. The van der Waals surface area contributed by atoms with Gasteiger partial charge in [-0.15, -0.1) is 12.6 Å². The van der Waals surface area contributed by atoms with E-state index in [-0.39, 0.29) is 11.6 Å². The smallest absolute Gasteiger partial charge is 0.274 e. The first kappa shape index (κ1) is 17.4. The quantitative estimate of drug-likeness (QED) is 0.523. The molecule has 0 fully saturated rings. The molecule has 18 heavy (non-hydrogen) atoms. The molecular weight excluding hydrogens is 259 g/mol. The highest BCUT2D eigenvalue weighted by molar-refractivity contribution is 7.84. The summed E-state index contributed by atoms with van der Waals surface area (Å²) in [5, 5.41) is 2.71. The molecule has 0 aliphatic rings. The van der Waals surface area contributed by atoms with Crippen molar-refractivity contribution in [3.63, 3.8) is 0 Å². The van der Waals surface area contributed by atoms with Crippen molar-refractivity contribution in [1.29, 1.82) is 0 Å². The van der Waals surface area contributed by atoms with E-state index in [0.717, 1.165) is 5.57 Å². The Morgan fingerprint density at radius 1 is 1.22 bits per heavy atom. The summed E-state index contributed by atoms with van der Waals surface area (Å²) in [5.41, 5.74) is 0.943. The standard InChI is InChI=1S/C13H22F3NS/c1-8(2)5-6-17-12(11(14)13(15)16)10(18)7-9(3)4/h5,9,11,13,17-18H,6-7H2,1-4H3/b12-10-. The summed E-state index contributed by atoms with van der Waals surface area (Å²) in [7, 11) is 0. The lowest BCUT2D eigenvalue weighted by Gasteiger charge is -2.18. The predicted octanol–water partition coefficient (Wildman–Crippen LogP) is 4.33. The summed E-state index contributed by atoms with van der Waals surface area (Å²) in [4.78, 5) is 0.361. The van der Waals surface area contributed by atoms with E-state index < -0.39 is 12.6 Å². The van der Waals surface area contributed by atoms with Gasteiger partial charge in [0.05, 0.1) is 5.70 Å². The molecule has 0 amide bonds. The van der Waals surface area contributed by atoms with Gasteiger partial charge in [-0.1, -0.05) is 25.5 Å². The van der Waals surface area contributed by atoms with Crippen LogP contribution in [0.2, 0.25) is 0 Å². The molecule has 0 rings (SSSR count). The van der Waals surface area contributed by atoms with E-state index in [2.05, 4.69) is 17.9 Å². The van der Waals surface area contributed by atoms with E-state index in [9.17, 15) is 13.2 Å². The van der Waals surface area contributed by atoms with Crippen molar-refractivity contribution in [3.8, 4) is 0 Å². The Hall–Kier alpha value is -0.580. The van der Waals surface area contributed by atoms with Gasteiger partial charge in [-0.25, -0.2) is 13.2 Å². The molecule has 0 bridgehead atoms. The highest BCUT2D eigenvalue weighted by Crippen LogP contribution is 2.23. The number of alkyl halides is 3. The Kier molecular flexibility index (Phi) is 8.24. The van der Waals surface area contributed by atoms with Crippen LogP contribution >= 0.6 is 12.6 Å². The minimum Gasteiger partial charge on any atom is -0.382 e. The first-order chi connectivity index (χ1) is 8.25. The zero-order chi connectivity index (χ0) is 14.3. The number of rotatable bonds is 7. The average molecular weight is 281 g/mol. The zero-order valence-electron chi connectivity index (χ0n) is 11.3. The van der Waals surface area contributed by atoms with Gasteiger partial charge in [0.25, 0.3) is 6.43 Å². The summed E-state index contributed by atoms with van der Waals surface area (Å²) in [6.07, 6.45) is -3.04. The maximum Gasteiger partial charge on any atom is 0.274 e. The molecule has 0 aromatic carbocycles. The Bertz CT molecular complexity index is 307. The van der Waals surface area contributed by atoms with Crippen molar-refractivity contribution in [3.05, 3.63) is 22.3 Å². The molecule has 0 heterocycles. The molecule has 0 aromatic rings. The second kappa shape index (κ2) is 8.51. The van der Waals surface area contributed by atoms with Gasteiger partial charge in [0, 0.05) is 11.4 Å². The third-order valence-corrected chi connectivity index (χ3v) is 2.64. The maximum atomic E-state index is 13.5. The minimum atomic E-state index is -3.03. The van der Waals surface area contributed by atoms with Crippen LogP contribution < -0.4 is 5.32 Å². The third-order valence-electron chi connectivity index (χ3n) is 2.21. The van der Waals surface area contributed by atoms with Crippen molar-refractivity contribution < 1.29 is 13.2 Å². The topological polar surface area (TPSA) is 12.0 Å². The highest BCUT2D eigenvalue weighted by atomic mass is 32.1. The van der Waals surface area contributed by atoms with Gasteiger partial charge >= 0.3 is 0 Å². The van der Waals surface area contributed by atoms with Gasteiger partial charge in [0.15, 0.2) is 0 Å². The van der Waals surface area contributed by atoms with Gasteiger partial charge in [-0.3, -0.25) is 0 Å². The van der Waals surface area contributed by atoms with Crippen LogP contribution in [0.3, 0.4) is 0 Å². The summed E-state index contributed by atoms with van der Waals surface area (Å²) in [6, 6.07) is 0. The third kappa shape index (κ3) is 6.99. The van der Waals surface area contributed by atoms with Crippen molar-refractivity contribution in [2.75, 3.05) is 6.54 Å². The number of allylic oxidation sites excluding steroid dienone is 3. The SMILES string of the molecule is CC(C)=CCN/C(=C(\S)CC(C)C)C(F)C(F)F. The molecule has 1 N–H and O–H groups in total. The molecule has 1 atom stereocenters. The fourth-order valence-corrected chi connectivity index (χ4v) is 1.91. The van der Waals surface area contributed by atoms with Crippen molar-refractivity contribution >= 4 is 12.6 Å². The highest BCUT2D eigenvalue weighted by Gasteiger charge is 2.26. The van der Waals surface area contributed by atoms with Crippen LogP contribution in [0.15, 0.2) is 22.3 Å². The number of thiol groups is 1. The number of hydrogen-bond donors (Lipinski definition) is 2. The molecule has 5 heteroatoms. The fourth-order valence-electron chi connectivity index (χ4n) is 1.35. The molecule has 0 aliphatic carbocycles. The monoisotopic (exact) mass is 281 g/mol. The Labute approximate surface area is 113 Å². The Balaban J connectivity index is 4.87. The lowest BCUT2D eigenvalue weighted by molar-refractivity contribution is 0.0655. The van der Waals surface area contributed by atoms with Crippen LogP contribution in [-0.2, 0) is 0 Å². The number of hydrogen-bond acceptors (Lipinski definition) is 2. The van der Waals surface area contributed by atoms with E-state index in [1.165, 1.54) is 0 Å². The first-order valence-corrected chi connectivity index (χ1v) is 6.41. The van der Waals surface area contributed by atoms with Gasteiger partial charge in [0.1, 0.15) is 0 Å². The van der Waals surface area contributed by atoms with Crippen LogP contribution in [0.25, 0.3) is 0 Å². The number of halogens is 3. The van der Waals surface area contributed by atoms with Gasteiger partial charge < -0.3 is 5.32 Å². The minimum absolute atomic E-state index is 0.0977. The van der Waals surface area contributed by atoms with Gasteiger partial charge in [0.2, 0.25) is 6.17 Å². The predicted molar refractivity (Wildman–Crippen MR) is 73.8 cm³/mol. The zero-order valence-corrected chi connectivity index (χ0v) is 12.2. The Morgan fingerprint density at radius 3 is 2.17 bits per heavy atom. The van der Waals surface area contributed by atoms with Crippen LogP contribution in [0.4, 0.5) is 13.2 Å². The van der Waals surface area contributed by atoms with Crippen molar-refractivity contribution in [1.82, 2.24) is 5.32 Å². The van der Waals surface area contributed by atoms with E-state index in [1.807, 2.05) is 33.8 Å². The second-order valence-electron chi connectivity index (χ2n) is 4.86. The average Bonchev–Trinajstić information content (AvgIpc) is 2.21. The van der Waals surface area contributed by atoms with Crippen LogP contribution in [-0.4, -0.2) is 19.1 Å². The summed E-state index contributed by atoms with van der Waals surface area (Å²) in [5.74, 6) is 0.239. The lowest BCUT2D eigenvalue weighted by atomic mass is 10.1. The van der Waals surface area contributed by atoms with Crippen LogP contribution in [0.5, 0.6) is 0 Å².